The molecule has 0 bridgehead atoms. The molecular weight excluding hydrogens is 484 g/mol. The first-order valence-electron chi connectivity index (χ1n) is 8.94. The molecular formula is C14H24F2N4O10P2. The number of aliphatic hydroxyl groups is 1. The zero-order valence-electron chi connectivity index (χ0n) is 17.2. The molecule has 0 aliphatic carbocycles. The van der Waals surface area contributed by atoms with Gasteiger partial charge in [0.2, 0.25) is 6.23 Å². The van der Waals surface area contributed by atoms with Crippen molar-refractivity contribution in [1.29, 1.82) is 0 Å². The van der Waals surface area contributed by atoms with Crippen LogP contribution in [0.5, 0.6) is 0 Å². The largest absolute Gasteiger partial charge is 0.756 e. The summed E-state index contributed by atoms with van der Waals surface area (Å²) >= 11 is 0. The first kappa shape index (κ1) is 26.9. The van der Waals surface area contributed by atoms with E-state index >= 15 is 0 Å². The summed E-state index contributed by atoms with van der Waals surface area (Å²) in [4.78, 5) is 36.4. The molecule has 184 valence electrons. The van der Waals surface area contributed by atoms with Crippen LogP contribution in [0.1, 0.15) is 6.23 Å². The van der Waals surface area contributed by atoms with Crippen molar-refractivity contribution in [2.24, 2.45) is 0 Å². The van der Waals surface area contributed by atoms with E-state index in [9.17, 15) is 37.6 Å². The average Bonchev–Trinajstić information content (AvgIpc) is 2.81. The van der Waals surface area contributed by atoms with Crippen LogP contribution in [-0.4, -0.2) is 83.1 Å². The van der Waals surface area contributed by atoms with E-state index < -0.39 is 52.3 Å². The summed E-state index contributed by atoms with van der Waals surface area (Å²) in [6, 6.07) is 1.04. The maximum Gasteiger partial charge on any atom is 0.478 e. The summed E-state index contributed by atoms with van der Waals surface area (Å²) in [5.74, 6) is -4.28. The molecule has 4 N–H and O–H groups in total. The van der Waals surface area contributed by atoms with E-state index in [0.29, 0.717) is 9.05 Å². The maximum atomic E-state index is 14.4. The zero-order chi connectivity index (χ0) is 24.5. The number of ether oxygens (including phenoxy) is 1. The number of rotatable bonds is 10. The van der Waals surface area contributed by atoms with Gasteiger partial charge in [-0.25, -0.2) is 13.7 Å². The molecule has 1 aliphatic rings. The standard InChI is InChI=1S/C14H24F2N4O10P2/c1-20(2,3)6-7-27-31(23,24)30-32(25,26)28-8-9-11(21)14(15,16)12(29-9)19-5-4-10(17)18-13(19)22/h4-5,9,11-12,21H,6-8H2,1-3H3,(H3-,17,18,22,23,24,25,26)/t9-,11?,12+/m0/s1. The van der Waals surface area contributed by atoms with Crippen molar-refractivity contribution in [2.75, 3.05) is 46.6 Å². The van der Waals surface area contributed by atoms with E-state index in [1.54, 1.807) is 21.1 Å². The number of nitrogens with two attached hydrogens (primary N) is 1. The van der Waals surface area contributed by atoms with Gasteiger partial charge in [0.1, 0.15) is 25.1 Å². The van der Waals surface area contributed by atoms with Gasteiger partial charge in [-0.1, -0.05) is 0 Å². The Morgan fingerprint density at radius 2 is 2.00 bits per heavy atom. The van der Waals surface area contributed by atoms with Crippen LogP contribution in [0.4, 0.5) is 14.6 Å². The van der Waals surface area contributed by atoms with E-state index in [4.69, 9.17) is 10.5 Å². The van der Waals surface area contributed by atoms with Crippen LogP contribution >= 0.6 is 15.6 Å². The van der Waals surface area contributed by atoms with Crippen LogP contribution in [-0.2, 0) is 27.2 Å². The third kappa shape index (κ3) is 7.09. The predicted octanol–water partition coefficient (Wildman–Crippen LogP) is -0.956. The van der Waals surface area contributed by atoms with Crippen LogP contribution in [0.25, 0.3) is 0 Å². The van der Waals surface area contributed by atoms with E-state index in [0.717, 1.165) is 12.3 Å². The second-order valence-corrected chi connectivity index (χ2v) is 10.8. The topological polar surface area (TPSA) is 195 Å². The number of halogens is 2. The van der Waals surface area contributed by atoms with Crippen LogP contribution in [0, 0.1) is 0 Å². The number of nitrogen functional groups attached to an aromatic ring is 1. The summed E-state index contributed by atoms with van der Waals surface area (Å²) in [5.41, 5.74) is 4.10. The van der Waals surface area contributed by atoms with Gasteiger partial charge in [-0.2, -0.15) is 13.8 Å². The van der Waals surface area contributed by atoms with Crippen molar-refractivity contribution in [3.63, 3.8) is 0 Å². The van der Waals surface area contributed by atoms with Crippen molar-refractivity contribution in [2.45, 2.75) is 24.4 Å². The molecule has 1 aromatic rings. The Hall–Kier alpha value is -1.32. The van der Waals surface area contributed by atoms with Gasteiger partial charge in [-0.3, -0.25) is 13.7 Å². The molecule has 2 heterocycles. The van der Waals surface area contributed by atoms with Crippen LogP contribution < -0.4 is 16.3 Å². The lowest BCUT2D eigenvalue weighted by Crippen LogP contribution is -2.42. The summed E-state index contributed by atoms with van der Waals surface area (Å²) in [6.45, 7) is -1.34. The first-order chi connectivity index (χ1) is 14.4. The average molecular weight is 508 g/mol. The van der Waals surface area contributed by atoms with E-state index in [2.05, 4.69) is 18.3 Å². The molecule has 0 amide bonds. The maximum absolute atomic E-state index is 14.4. The Labute approximate surface area is 180 Å². The van der Waals surface area contributed by atoms with Crippen molar-refractivity contribution in [3.05, 3.63) is 22.7 Å². The molecule has 1 saturated heterocycles. The number of alkyl halides is 2. The number of aromatic nitrogens is 2. The van der Waals surface area contributed by atoms with E-state index in [1.165, 1.54) is 0 Å². The molecule has 0 radical (unpaired) electrons. The van der Waals surface area contributed by atoms with Crippen molar-refractivity contribution in [3.8, 4) is 0 Å². The van der Waals surface area contributed by atoms with Crippen LogP contribution in [0.15, 0.2) is 17.1 Å². The molecule has 1 aliphatic heterocycles. The quantitative estimate of drug-likeness (QED) is 0.259. The van der Waals surface area contributed by atoms with Crippen LogP contribution in [0.2, 0.25) is 0 Å². The number of phosphoric acid groups is 2. The fourth-order valence-electron chi connectivity index (χ4n) is 2.48. The number of anilines is 1. The molecule has 0 aromatic carbocycles. The fourth-order valence-corrected chi connectivity index (χ4v) is 4.51. The highest BCUT2D eigenvalue weighted by Gasteiger charge is 2.60. The lowest BCUT2D eigenvalue weighted by atomic mass is 10.1. The van der Waals surface area contributed by atoms with Gasteiger partial charge in [0.15, 0.2) is 6.10 Å². The van der Waals surface area contributed by atoms with E-state index in [-0.39, 0.29) is 19.0 Å². The van der Waals surface area contributed by atoms with Gasteiger partial charge < -0.3 is 34.4 Å². The zero-order valence-corrected chi connectivity index (χ0v) is 19.0. The smallest absolute Gasteiger partial charge is 0.478 e. The van der Waals surface area contributed by atoms with Gasteiger partial charge >= 0.3 is 19.4 Å². The molecule has 2 rings (SSSR count). The highest BCUT2D eigenvalue weighted by molar-refractivity contribution is 7.60. The summed E-state index contributed by atoms with van der Waals surface area (Å²) in [7, 11) is -5.43. The number of hydrogen-bond acceptors (Lipinski definition) is 11. The molecule has 3 unspecified atom stereocenters. The molecule has 14 nitrogen and oxygen atoms in total. The normalized spacial score (nSPS) is 27.1. The number of nitrogens with zero attached hydrogens (tertiary/aromatic N) is 3. The highest BCUT2D eigenvalue weighted by atomic mass is 31.3. The molecule has 1 fully saturated rings. The molecule has 1 aromatic heterocycles. The predicted molar refractivity (Wildman–Crippen MR) is 101 cm³/mol. The van der Waals surface area contributed by atoms with Crippen molar-refractivity contribution in [1.82, 2.24) is 9.55 Å². The van der Waals surface area contributed by atoms with Gasteiger partial charge in [0.05, 0.1) is 27.7 Å². The highest BCUT2D eigenvalue weighted by Crippen LogP contribution is 2.58. The summed E-state index contributed by atoms with van der Waals surface area (Å²) in [5, 5.41) is 9.85. The lowest BCUT2D eigenvalue weighted by molar-refractivity contribution is -0.870. The van der Waals surface area contributed by atoms with E-state index in [1.807, 2.05) is 0 Å². The number of phosphoric ester groups is 2. The number of hydrogen-bond donors (Lipinski definition) is 3. The Morgan fingerprint density at radius 3 is 2.56 bits per heavy atom. The van der Waals surface area contributed by atoms with Gasteiger partial charge in [-0.15, -0.1) is 0 Å². The van der Waals surface area contributed by atoms with Crippen LogP contribution in [0.3, 0.4) is 0 Å². The molecule has 18 heteroatoms. The second-order valence-electron chi connectivity index (χ2n) is 7.83. The Balaban J connectivity index is 2.02. The number of quaternary nitrogens is 1. The molecule has 0 saturated carbocycles. The third-order valence-electron chi connectivity index (χ3n) is 4.10. The van der Waals surface area contributed by atoms with Gasteiger partial charge in [0.25, 0.3) is 7.82 Å². The number of aliphatic hydroxyl groups excluding tert-OH is 1. The third-order valence-corrected chi connectivity index (χ3v) is 6.70. The first-order valence-corrected chi connectivity index (χ1v) is 11.9. The number of likely N-dealkylation sites (N-methyl/N-ethyl adjacent to an activating group) is 1. The fraction of sp³-hybridized carbons (Fsp3) is 0.714. The molecule has 0 spiro atoms. The summed E-state index contributed by atoms with van der Waals surface area (Å²) < 4.78 is 70.9. The molecule has 32 heavy (non-hydrogen) atoms. The Bertz CT molecular complexity index is 972. The minimum Gasteiger partial charge on any atom is -0.756 e. The minimum absolute atomic E-state index is 0.212. The monoisotopic (exact) mass is 508 g/mol. The SMILES string of the molecule is C[N+](C)(C)CCOP(=O)([O-])OP(=O)(O)OC[C@@H]1O[C@@H](n2ccc(N)nc2=O)C(F)(F)C1O. The van der Waals surface area contributed by atoms with Gasteiger partial charge in [0, 0.05) is 6.20 Å². The summed E-state index contributed by atoms with van der Waals surface area (Å²) in [6.07, 6.45) is -6.00. The van der Waals surface area contributed by atoms with Crippen molar-refractivity contribution < 1.29 is 55.4 Å². The lowest BCUT2D eigenvalue weighted by Gasteiger charge is -2.28. The second kappa shape index (κ2) is 9.50. The molecule has 5 atom stereocenters. The Kier molecular flexibility index (Phi) is 8.00. The van der Waals surface area contributed by atoms with Gasteiger partial charge in [-0.05, 0) is 6.07 Å². The Morgan fingerprint density at radius 1 is 1.38 bits per heavy atom. The minimum atomic E-state index is -5.36. The van der Waals surface area contributed by atoms with Crippen molar-refractivity contribution >= 4 is 21.5 Å².